The first-order valence-electron chi connectivity index (χ1n) is 21.3. The van der Waals surface area contributed by atoms with Gasteiger partial charge in [-0.25, -0.2) is 0 Å². The summed E-state index contributed by atoms with van der Waals surface area (Å²) in [5.74, 6) is -0.333. The Morgan fingerprint density at radius 3 is 0.543 bits per heavy atom. The fourth-order valence-electron chi connectivity index (χ4n) is 5.53. The van der Waals surface area contributed by atoms with Gasteiger partial charge in [0.25, 0.3) is 0 Å². The number of carbonyl (C=O) groups is 1. The summed E-state index contributed by atoms with van der Waals surface area (Å²) in [7, 11) is 0. The van der Waals surface area contributed by atoms with Crippen molar-refractivity contribution >= 4 is 5.91 Å². The van der Waals surface area contributed by atoms with Crippen LogP contribution in [0.5, 0.6) is 0 Å². The molecular weight excluding hydrogens is 562 g/mol. The standard InChI is InChI=1S/2C18H38.C5H12O.C2H5NO/c2*1-3-5-7-9-11-13-15-17-18-16-14-12-10-8-6-4-2;1-3-5(6)4-2;1-2(3)4/h2*3-18H2,1-2H3;5-6H,3-4H2,1-2H3;1H3,(H2,3,4). The van der Waals surface area contributed by atoms with Gasteiger partial charge in [0.15, 0.2) is 0 Å². The molecule has 1 amide bonds. The van der Waals surface area contributed by atoms with Crippen molar-refractivity contribution in [1.29, 1.82) is 0 Å². The van der Waals surface area contributed by atoms with Crippen LogP contribution >= 0.6 is 0 Å². The average molecular weight is 656 g/mol. The maximum absolute atomic E-state index is 9.22. The molecule has 0 fully saturated rings. The van der Waals surface area contributed by atoms with E-state index in [0.717, 1.165) is 12.8 Å². The number of rotatable bonds is 32. The second-order valence-corrected chi connectivity index (χ2v) is 14.0. The van der Waals surface area contributed by atoms with Crippen molar-refractivity contribution in [2.24, 2.45) is 5.73 Å². The van der Waals surface area contributed by atoms with E-state index in [2.05, 4.69) is 33.4 Å². The summed E-state index contributed by atoms with van der Waals surface area (Å²) in [6, 6.07) is 0. The van der Waals surface area contributed by atoms with Crippen LogP contribution in [0, 0.1) is 0 Å². The first-order chi connectivity index (χ1) is 22.4. The van der Waals surface area contributed by atoms with E-state index in [9.17, 15) is 4.79 Å². The molecule has 0 spiro atoms. The molecule has 3 N–H and O–H groups in total. The van der Waals surface area contributed by atoms with Gasteiger partial charge < -0.3 is 10.8 Å². The molecule has 0 atom stereocenters. The molecule has 0 aliphatic heterocycles. The number of hydrogen-bond donors (Lipinski definition) is 2. The second-order valence-electron chi connectivity index (χ2n) is 14.0. The number of nitrogens with two attached hydrogens (primary N) is 1. The zero-order valence-electron chi connectivity index (χ0n) is 33.6. The molecule has 0 saturated carbocycles. The van der Waals surface area contributed by atoms with Crippen molar-refractivity contribution in [2.45, 2.75) is 273 Å². The molecule has 0 heterocycles. The van der Waals surface area contributed by atoms with E-state index in [-0.39, 0.29) is 12.0 Å². The molecule has 0 bridgehead atoms. The van der Waals surface area contributed by atoms with Gasteiger partial charge >= 0.3 is 0 Å². The molecule has 282 valence electrons. The van der Waals surface area contributed by atoms with Gasteiger partial charge in [-0.1, -0.05) is 247 Å². The number of aliphatic hydroxyl groups excluding tert-OH is 1. The third kappa shape index (κ3) is 70.0. The van der Waals surface area contributed by atoms with Gasteiger partial charge in [-0.2, -0.15) is 0 Å². The van der Waals surface area contributed by atoms with E-state index in [1.165, 1.54) is 212 Å². The molecule has 0 aromatic carbocycles. The Balaban J connectivity index is -0.000000296. The van der Waals surface area contributed by atoms with Crippen LogP contribution in [0.2, 0.25) is 0 Å². The molecule has 0 radical (unpaired) electrons. The van der Waals surface area contributed by atoms with Crippen LogP contribution < -0.4 is 5.73 Å². The molecule has 3 nitrogen and oxygen atoms in total. The minimum atomic E-state index is -0.333. The zero-order valence-corrected chi connectivity index (χ0v) is 33.6. The molecule has 0 aromatic rings. The van der Waals surface area contributed by atoms with E-state index < -0.39 is 0 Å². The molecule has 3 heteroatoms. The van der Waals surface area contributed by atoms with Crippen LogP contribution in [0.4, 0.5) is 0 Å². The molecule has 0 aliphatic carbocycles. The van der Waals surface area contributed by atoms with Crippen molar-refractivity contribution in [1.82, 2.24) is 0 Å². The van der Waals surface area contributed by atoms with E-state index in [0.29, 0.717) is 0 Å². The average Bonchev–Trinajstić information content (AvgIpc) is 3.05. The number of aliphatic hydroxyl groups is 1. The van der Waals surface area contributed by atoms with Crippen LogP contribution in [0.25, 0.3) is 0 Å². The SMILES string of the molecule is CC(N)=O.CCC(O)CC.CCCCCCCCCCCCCCCCCC.CCCCCCCCCCCCCCCCCC. The number of carbonyl (C=O) groups excluding carboxylic acids is 1. The van der Waals surface area contributed by atoms with Gasteiger partial charge in [-0.3, -0.25) is 4.79 Å². The van der Waals surface area contributed by atoms with Gasteiger partial charge in [0.1, 0.15) is 0 Å². The number of hydrogen-bond acceptors (Lipinski definition) is 2. The van der Waals surface area contributed by atoms with Crippen LogP contribution in [0.15, 0.2) is 0 Å². The Kier molecular flexibility index (Phi) is 61.2. The fraction of sp³-hybridized carbons (Fsp3) is 0.977. The van der Waals surface area contributed by atoms with Crippen LogP contribution in [0.3, 0.4) is 0 Å². The van der Waals surface area contributed by atoms with E-state index in [1.807, 2.05) is 13.8 Å². The largest absolute Gasteiger partial charge is 0.393 e. The molecule has 0 unspecified atom stereocenters. The topological polar surface area (TPSA) is 63.3 Å². The Hall–Kier alpha value is -0.570. The monoisotopic (exact) mass is 656 g/mol. The predicted molar refractivity (Wildman–Crippen MR) is 212 cm³/mol. The van der Waals surface area contributed by atoms with Crippen LogP contribution in [-0.4, -0.2) is 17.1 Å². The fourth-order valence-corrected chi connectivity index (χ4v) is 5.53. The highest BCUT2D eigenvalue weighted by atomic mass is 16.3. The third-order valence-electron chi connectivity index (χ3n) is 8.86. The predicted octanol–water partition coefficient (Wildman–Crippen LogP) is 15.2. The summed E-state index contributed by atoms with van der Waals surface area (Å²) in [4.78, 5) is 9.22. The van der Waals surface area contributed by atoms with E-state index >= 15 is 0 Å². The first-order valence-corrected chi connectivity index (χ1v) is 21.3. The molecule has 46 heavy (non-hydrogen) atoms. The summed E-state index contributed by atoms with van der Waals surface area (Å²) >= 11 is 0. The molecule has 0 saturated heterocycles. The van der Waals surface area contributed by atoms with Gasteiger partial charge in [0.2, 0.25) is 5.91 Å². The normalized spacial score (nSPS) is 10.5. The first kappa shape index (κ1) is 52.2. The number of unbranched alkanes of at least 4 members (excludes halogenated alkanes) is 30. The highest BCUT2D eigenvalue weighted by molar-refractivity contribution is 5.70. The Labute approximate surface area is 293 Å². The van der Waals surface area contributed by atoms with Crippen molar-refractivity contribution in [3.8, 4) is 0 Å². The Morgan fingerprint density at radius 1 is 0.370 bits per heavy atom. The Bertz CT molecular complexity index is 409. The van der Waals surface area contributed by atoms with Gasteiger partial charge in [-0.05, 0) is 12.8 Å². The molecule has 0 rings (SSSR count). The van der Waals surface area contributed by atoms with Crippen molar-refractivity contribution in [3.05, 3.63) is 0 Å². The van der Waals surface area contributed by atoms with E-state index in [4.69, 9.17) is 5.11 Å². The van der Waals surface area contributed by atoms with Crippen molar-refractivity contribution in [2.75, 3.05) is 0 Å². The molecular formula is C43H93NO2. The number of amides is 1. The lowest BCUT2D eigenvalue weighted by Crippen LogP contribution is -2.01. The van der Waals surface area contributed by atoms with E-state index in [1.54, 1.807) is 0 Å². The highest BCUT2D eigenvalue weighted by Gasteiger charge is 1.95. The van der Waals surface area contributed by atoms with Crippen molar-refractivity contribution < 1.29 is 9.90 Å². The third-order valence-corrected chi connectivity index (χ3v) is 8.86. The number of primary amides is 1. The minimum Gasteiger partial charge on any atom is -0.393 e. The smallest absolute Gasteiger partial charge is 0.214 e. The lowest BCUT2D eigenvalue weighted by molar-refractivity contribution is -0.115. The van der Waals surface area contributed by atoms with Crippen LogP contribution in [0.1, 0.15) is 267 Å². The summed E-state index contributed by atoms with van der Waals surface area (Å²) < 4.78 is 0. The summed E-state index contributed by atoms with van der Waals surface area (Å²) in [6.07, 6.45) is 48.5. The van der Waals surface area contributed by atoms with Gasteiger partial charge in [0, 0.05) is 6.92 Å². The van der Waals surface area contributed by atoms with Gasteiger partial charge in [-0.15, -0.1) is 0 Å². The zero-order chi connectivity index (χ0) is 35.2. The maximum Gasteiger partial charge on any atom is 0.214 e. The minimum absolute atomic E-state index is 0.0648. The van der Waals surface area contributed by atoms with Crippen LogP contribution in [-0.2, 0) is 4.79 Å². The van der Waals surface area contributed by atoms with Gasteiger partial charge in [0.05, 0.1) is 6.10 Å². The molecule has 0 aliphatic rings. The Morgan fingerprint density at radius 2 is 0.478 bits per heavy atom. The highest BCUT2D eigenvalue weighted by Crippen LogP contribution is 2.15. The maximum atomic E-state index is 9.22. The lowest BCUT2D eigenvalue weighted by Gasteiger charge is -2.03. The van der Waals surface area contributed by atoms with Crippen molar-refractivity contribution in [3.63, 3.8) is 0 Å². The summed E-state index contributed by atoms with van der Waals surface area (Å²) in [6.45, 7) is 14.4. The lowest BCUT2D eigenvalue weighted by atomic mass is 10.0. The summed E-state index contributed by atoms with van der Waals surface area (Å²) in [5.41, 5.74) is 4.47. The second kappa shape index (κ2) is 53.9. The quantitative estimate of drug-likeness (QED) is 0.0708. The summed E-state index contributed by atoms with van der Waals surface area (Å²) in [5, 5.41) is 8.67. The molecule has 0 aromatic heterocycles.